The number of hydrogen-bond donors (Lipinski definition) is 2. The first-order chi connectivity index (χ1) is 14.5. The zero-order valence-electron chi connectivity index (χ0n) is 16.4. The molecule has 0 saturated heterocycles. The number of fused-ring (bicyclic) bond motifs is 1. The van der Waals surface area contributed by atoms with Gasteiger partial charge < -0.3 is 10.4 Å². The zero-order valence-corrected chi connectivity index (χ0v) is 16.4. The first kappa shape index (κ1) is 20.2. The first-order valence-corrected chi connectivity index (χ1v) is 10.1. The summed E-state index contributed by atoms with van der Waals surface area (Å²) >= 11 is 0. The molecule has 3 aromatic rings. The molecule has 1 aliphatic rings. The molecule has 1 aliphatic carbocycles. The van der Waals surface area contributed by atoms with Crippen LogP contribution in [-0.2, 0) is 12.8 Å². The van der Waals surface area contributed by atoms with Crippen LogP contribution < -0.4 is 5.32 Å². The highest BCUT2D eigenvalue weighted by Gasteiger charge is 2.25. The van der Waals surface area contributed by atoms with Gasteiger partial charge in [0.1, 0.15) is 0 Å². The van der Waals surface area contributed by atoms with E-state index in [-0.39, 0.29) is 18.0 Å². The predicted molar refractivity (Wildman–Crippen MR) is 108 cm³/mol. The Balaban J connectivity index is 1.56. The summed E-state index contributed by atoms with van der Waals surface area (Å²) in [6.07, 6.45) is 3.60. The fraction of sp³-hybridized carbons (Fsp3) is 0.304. The van der Waals surface area contributed by atoms with Crippen molar-refractivity contribution in [2.75, 3.05) is 6.54 Å². The summed E-state index contributed by atoms with van der Waals surface area (Å²) in [5.41, 5.74) is 3.44. The maximum atomic E-state index is 13.4. The molecule has 5 nitrogen and oxygen atoms in total. The standard InChI is InChI=1S/C23H23F2N3O2/c24-18-12-11-15(13-19(18)25)21(29)14-26-23(30)22-17-9-5-2-6-10-20(17)28(27-22)16-7-3-1-4-8-16/h1,3-4,7-8,11-13,21,29H,2,5-6,9-10,14H2,(H,26,30)/t21-/m1/s1. The molecule has 1 heterocycles. The van der Waals surface area contributed by atoms with Gasteiger partial charge >= 0.3 is 0 Å². The molecule has 7 heteroatoms. The van der Waals surface area contributed by atoms with Crippen LogP contribution in [0.25, 0.3) is 5.69 Å². The molecule has 0 radical (unpaired) electrons. The minimum atomic E-state index is -1.15. The van der Waals surface area contributed by atoms with E-state index in [1.54, 1.807) is 0 Å². The lowest BCUT2D eigenvalue weighted by Crippen LogP contribution is -2.29. The van der Waals surface area contributed by atoms with E-state index in [9.17, 15) is 18.7 Å². The van der Waals surface area contributed by atoms with Gasteiger partial charge in [-0.15, -0.1) is 0 Å². The maximum absolute atomic E-state index is 13.4. The molecule has 30 heavy (non-hydrogen) atoms. The lowest BCUT2D eigenvalue weighted by atomic mass is 10.1. The second kappa shape index (κ2) is 8.75. The number of rotatable bonds is 5. The molecule has 1 aromatic heterocycles. The van der Waals surface area contributed by atoms with E-state index in [2.05, 4.69) is 10.4 Å². The summed E-state index contributed by atoms with van der Waals surface area (Å²) in [5, 5.41) is 17.5. The second-order valence-corrected chi connectivity index (χ2v) is 7.48. The number of carbonyl (C=O) groups is 1. The van der Waals surface area contributed by atoms with Gasteiger partial charge in [0, 0.05) is 17.8 Å². The third-order valence-corrected chi connectivity index (χ3v) is 5.43. The summed E-state index contributed by atoms with van der Waals surface area (Å²) in [5.74, 6) is -2.40. The van der Waals surface area contributed by atoms with E-state index in [1.807, 2.05) is 35.0 Å². The third-order valence-electron chi connectivity index (χ3n) is 5.43. The molecule has 4 rings (SSSR count). The normalized spacial score (nSPS) is 14.6. The lowest BCUT2D eigenvalue weighted by Gasteiger charge is -2.12. The van der Waals surface area contributed by atoms with E-state index in [0.29, 0.717) is 5.69 Å². The summed E-state index contributed by atoms with van der Waals surface area (Å²) in [4.78, 5) is 12.9. The van der Waals surface area contributed by atoms with E-state index >= 15 is 0 Å². The fourth-order valence-electron chi connectivity index (χ4n) is 3.85. The number of halogens is 2. The van der Waals surface area contributed by atoms with Crippen LogP contribution in [0.3, 0.4) is 0 Å². The molecule has 0 fully saturated rings. The highest BCUT2D eigenvalue weighted by atomic mass is 19.2. The van der Waals surface area contributed by atoms with Crippen LogP contribution in [0.5, 0.6) is 0 Å². The molecule has 0 bridgehead atoms. The average Bonchev–Trinajstić information content (AvgIpc) is 2.95. The lowest BCUT2D eigenvalue weighted by molar-refractivity contribution is 0.0910. The molecule has 2 N–H and O–H groups in total. The largest absolute Gasteiger partial charge is 0.387 e. The smallest absolute Gasteiger partial charge is 0.272 e. The fourth-order valence-corrected chi connectivity index (χ4v) is 3.85. The van der Waals surface area contributed by atoms with Gasteiger partial charge in [0.2, 0.25) is 0 Å². The number of carbonyl (C=O) groups excluding carboxylic acids is 1. The molecule has 1 atom stereocenters. The van der Waals surface area contributed by atoms with Crippen LogP contribution in [-0.4, -0.2) is 27.3 Å². The minimum absolute atomic E-state index is 0.128. The number of aliphatic hydroxyl groups excluding tert-OH is 1. The van der Waals surface area contributed by atoms with Crippen molar-refractivity contribution in [1.29, 1.82) is 0 Å². The van der Waals surface area contributed by atoms with Crippen molar-refractivity contribution in [1.82, 2.24) is 15.1 Å². The highest BCUT2D eigenvalue weighted by Crippen LogP contribution is 2.26. The molecular weight excluding hydrogens is 388 g/mol. The van der Waals surface area contributed by atoms with Gasteiger partial charge in [-0.25, -0.2) is 13.5 Å². The van der Waals surface area contributed by atoms with Gasteiger partial charge in [-0.1, -0.05) is 30.7 Å². The summed E-state index contributed by atoms with van der Waals surface area (Å²) in [7, 11) is 0. The van der Waals surface area contributed by atoms with Crippen molar-refractivity contribution in [2.45, 2.75) is 38.2 Å². The van der Waals surface area contributed by atoms with Crippen molar-refractivity contribution in [2.24, 2.45) is 0 Å². The van der Waals surface area contributed by atoms with Crippen LogP contribution >= 0.6 is 0 Å². The quantitative estimate of drug-likeness (QED) is 0.626. The molecule has 156 valence electrons. The summed E-state index contributed by atoms with van der Waals surface area (Å²) in [6.45, 7) is -0.128. The Morgan fingerprint density at radius 3 is 2.60 bits per heavy atom. The van der Waals surface area contributed by atoms with Gasteiger partial charge in [-0.05, 0) is 55.5 Å². The van der Waals surface area contributed by atoms with Crippen molar-refractivity contribution in [3.63, 3.8) is 0 Å². The van der Waals surface area contributed by atoms with Crippen LogP contribution in [0, 0.1) is 11.6 Å². The summed E-state index contributed by atoms with van der Waals surface area (Å²) in [6, 6.07) is 12.9. The molecule has 0 unspecified atom stereocenters. The van der Waals surface area contributed by atoms with Crippen molar-refractivity contribution in [3.8, 4) is 5.69 Å². The van der Waals surface area contributed by atoms with E-state index in [0.717, 1.165) is 61.2 Å². The number of aliphatic hydroxyl groups is 1. The Morgan fingerprint density at radius 2 is 1.83 bits per heavy atom. The summed E-state index contributed by atoms with van der Waals surface area (Å²) < 4.78 is 28.3. The predicted octanol–water partition coefficient (Wildman–Crippen LogP) is 3.88. The molecule has 0 saturated carbocycles. The minimum Gasteiger partial charge on any atom is -0.387 e. The number of nitrogens with one attached hydrogen (secondary N) is 1. The Labute approximate surface area is 173 Å². The van der Waals surface area contributed by atoms with Gasteiger partial charge in [0.15, 0.2) is 17.3 Å². The van der Waals surface area contributed by atoms with Gasteiger partial charge in [-0.3, -0.25) is 4.79 Å². The SMILES string of the molecule is O=C(NC[C@@H](O)c1ccc(F)c(F)c1)c1nn(-c2ccccc2)c2c1CCCCC2. The second-order valence-electron chi connectivity index (χ2n) is 7.48. The Bertz CT molecular complexity index is 1050. The van der Waals surface area contributed by atoms with Crippen LogP contribution in [0.4, 0.5) is 8.78 Å². The number of amides is 1. The van der Waals surface area contributed by atoms with Crippen molar-refractivity contribution in [3.05, 3.63) is 82.7 Å². The van der Waals surface area contributed by atoms with E-state index < -0.39 is 17.7 Å². The first-order valence-electron chi connectivity index (χ1n) is 10.1. The number of hydrogen-bond acceptors (Lipinski definition) is 3. The van der Waals surface area contributed by atoms with Crippen LogP contribution in [0.1, 0.15) is 52.7 Å². The average molecular weight is 411 g/mol. The Morgan fingerprint density at radius 1 is 1.07 bits per heavy atom. The number of benzene rings is 2. The Kier molecular flexibility index (Phi) is 5.90. The van der Waals surface area contributed by atoms with Crippen molar-refractivity contribution < 1.29 is 18.7 Å². The van der Waals surface area contributed by atoms with Crippen LogP contribution in [0.2, 0.25) is 0 Å². The zero-order chi connectivity index (χ0) is 21.1. The van der Waals surface area contributed by atoms with Crippen molar-refractivity contribution >= 4 is 5.91 Å². The van der Waals surface area contributed by atoms with Gasteiger partial charge in [-0.2, -0.15) is 5.10 Å². The highest BCUT2D eigenvalue weighted by molar-refractivity contribution is 5.94. The number of aromatic nitrogens is 2. The number of nitrogens with zero attached hydrogens (tertiary/aromatic N) is 2. The van der Waals surface area contributed by atoms with Crippen LogP contribution in [0.15, 0.2) is 48.5 Å². The van der Waals surface area contributed by atoms with E-state index in [4.69, 9.17) is 0 Å². The topological polar surface area (TPSA) is 67.2 Å². The molecule has 2 aromatic carbocycles. The maximum Gasteiger partial charge on any atom is 0.272 e. The molecule has 0 spiro atoms. The third kappa shape index (κ3) is 4.11. The molecular formula is C23H23F2N3O2. The Hall–Kier alpha value is -3.06. The number of para-hydroxylation sites is 1. The molecule has 0 aliphatic heterocycles. The van der Waals surface area contributed by atoms with E-state index in [1.165, 1.54) is 6.07 Å². The molecule has 1 amide bonds. The monoisotopic (exact) mass is 411 g/mol. The van der Waals surface area contributed by atoms with Gasteiger partial charge in [0.25, 0.3) is 5.91 Å². The van der Waals surface area contributed by atoms with Gasteiger partial charge in [0.05, 0.1) is 11.8 Å².